The van der Waals surface area contributed by atoms with Crippen molar-refractivity contribution in [1.29, 1.82) is 0 Å². The Kier molecular flexibility index (Phi) is 5.03. The van der Waals surface area contributed by atoms with E-state index in [9.17, 15) is 13.2 Å². The van der Waals surface area contributed by atoms with E-state index in [2.05, 4.69) is 9.71 Å². The third kappa shape index (κ3) is 3.81. The molecule has 1 saturated carbocycles. The maximum absolute atomic E-state index is 12.7. The van der Waals surface area contributed by atoms with Crippen molar-refractivity contribution in [2.24, 2.45) is 0 Å². The minimum absolute atomic E-state index is 0.0200. The van der Waals surface area contributed by atoms with Gasteiger partial charge in [0.25, 0.3) is 0 Å². The normalized spacial score (nSPS) is 20.6. The van der Waals surface area contributed by atoms with Gasteiger partial charge in [0.05, 0.1) is 12.1 Å². The van der Waals surface area contributed by atoms with Crippen molar-refractivity contribution < 1.29 is 18.3 Å². The molecule has 25 heavy (non-hydrogen) atoms. The summed E-state index contributed by atoms with van der Waals surface area (Å²) >= 11 is 0. The first-order valence-corrected chi connectivity index (χ1v) is 9.71. The van der Waals surface area contributed by atoms with E-state index in [0.717, 1.165) is 5.39 Å². The highest BCUT2D eigenvalue weighted by Crippen LogP contribution is 2.28. The molecule has 0 aliphatic heterocycles. The summed E-state index contributed by atoms with van der Waals surface area (Å²) < 4.78 is 28.2. The van der Waals surface area contributed by atoms with Crippen LogP contribution in [0.15, 0.2) is 41.4 Å². The van der Waals surface area contributed by atoms with Crippen LogP contribution >= 0.6 is 0 Å². The number of carbonyl (C=O) groups is 1. The number of hydrogen-bond acceptors (Lipinski definition) is 5. The minimum Gasteiger partial charge on any atom is -0.480 e. The Morgan fingerprint density at radius 1 is 1.32 bits per heavy atom. The number of sulfonamides is 1. The molecule has 1 aliphatic carbocycles. The van der Waals surface area contributed by atoms with Gasteiger partial charge in [0, 0.05) is 23.7 Å². The number of aromatic nitrogens is 1. The van der Waals surface area contributed by atoms with Crippen LogP contribution in [0.1, 0.15) is 19.8 Å². The number of para-hydroxylation sites is 1. The van der Waals surface area contributed by atoms with Gasteiger partial charge in [0.1, 0.15) is 4.90 Å². The van der Waals surface area contributed by atoms with Crippen LogP contribution in [0.3, 0.4) is 0 Å². The molecule has 3 rings (SSSR count). The summed E-state index contributed by atoms with van der Waals surface area (Å²) in [6.45, 7) is 2.51. The number of nitrogens with zero attached hydrogens (tertiary/aromatic N) is 2. The summed E-state index contributed by atoms with van der Waals surface area (Å²) in [4.78, 5) is 17.1. The van der Waals surface area contributed by atoms with E-state index in [0.29, 0.717) is 24.9 Å². The fourth-order valence-electron chi connectivity index (χ4n) is 3.23. The van der Waals surface area contributed by atoms with Gasteiger partial charge in [-0.15, -0.1) is 0 Å². The number of rotatable bonds is 7. The molecule has 7 nitrogen and oxygen atoms in total. The Labute approximate surface area is 146 Å². The van der Waals surface area contributed by atoms with E-state index in [1.807, 2.05) is 24.0 Å². The van der Waals surface area contributed by atoms with Gasteiger partial charge in [-0.1, -0.05) is 25.1 Å². The first kappa shape index (κ1) is 17.8. The number of carboxylic acids is 1. The lowest BCUT2D eigenvalue weighted by Crippen LogP contribution is -2.54. The Hall–Kier alpha value is -2.03. The number of aliphatic carboxylic acids is 1. The summed E-state index contributed by atoms with van der Waals surface area (Å²) in [7, 11) is -3.67. The third-order valence-corrected chi connectivity index (χ3v) is 6.13. The lowest BCUT2D eigenvalue weighted by molar-refractivity contribution is -0.139. The van der Waals surface area contributed by atoms with E-state index in [1.54, 1.807) is 24.4 Å². The molecule has 1 aromatic heterocycles. The number of likely N-dealkylation sites (N-methyl/N-ethyl adjacent to an activating group) is 1. The van der Waals surface area contributed by atoms with Crippen molar-refractivity contribution in [3.63, 3.8) is 0 Å². The number of nitrogens with one attached hydrogen (secondary N) is 1. The predicted molar refractivity (Wildman–Crippen MR) is 93.8 cm³/mol. The number of benzene rings is 1. The predicted octanol–water partition coefficient (Wildman–Crippen LogP) is 1.45. The van der Waals surface area contributed by atoms with Crippen LogP contribution in [-0.4, -0.2) is 54.6 Å². The molecule has 0 radical (unpaired) electrons. The Morgan fingerprint density at radius 3 is 2.72 bits per heavy atom. The smallest absolute Gasteiger partial charge is 0.317 e. The molecule has 1 aliphatic rings. The lowest BCUT2D eigenvalue weighted by Gasteiger charge is -2.42. The molecule has 1 fully saturated rings. The number of fused-ring (bicyclic) bond motifs is 1. The number of hydrogen-bond donors (Lipinski definition) is 2. The lowest BCUT2D eigenvalue weighted by atomic mass is 9.86. The monoisotopic (exact) mass is 363 g/mol. The fourth-order valence-corrected chi connectivity index (χ4v) is 4.67. The van der Waals surface area contributed by atoms with Crippen LogP contribution < -0.4 is 4.72 Å². The molecule has 2 N–H and O–H groups in total. The van der Waals surface area contributed by atoms with Crippen molar-refractivity contribution in [3.8, 4) is 0 Å². The summed E-state index contributed by atoms with van der Waals surface area (Å²) in [5, 5.41) is 9.70. The average Bonchev–Trinajstić information content (AvgIpc) is 2.55. The first-order valence-electron chi connectivity index (χ1n) is 8.22. The summed E-state index contributed by atoms with van der Waals surface area (Å²) in [6, 6.07) is 8.59. The highest BCUT2D eigenvalue weighted by atomic mass is 32.2. The summed E-state index contributed by atoms with van der Waals surface area (Å²) in [5.41, 5.74) is 0.453. The van der Waals surface area contributed by atoms with E-state index in [-0.39, 0.29) is 23.5 Å². The number of carboxylic acid groups (broad SMARTS) is 1. The van der Waals surface area contributed by atoms with Crippen molar-refractivity contribution in [2.75, 3.05) is 13.1 Å². The van der Waals surface area contributed by atoms with E-state index in [4.69, 9.17) is 5.11 Å². The van der Waals surface area contributed by atoms with Gasteiger partial charge in [-0.2, -0.15) is 0 Å². The molecule has 1 heterocycles. The SMILES string of the molecule is CCN(CC(=O)O)C1CC(NS(=O)(=O)c2cccc3cccnc23)C1. The zero-order valence-electron chi connectivity index (χ0n) is 13.9. The van der Waals surface area contributed by atoms with Gasteiger partial charge >= 0.3 is 5.97 Å². The molecule has 2 aromatic rings. The van der Waals surface area contributed by atoms with Gasteiger partial charge in [-0.05, 0) is 31.5 Å². The molecule has 0 saturated heterocycles. The molecule has 0 bridgehead atoms. The molecule has 8 heteroatoms. The molecule has 0 atom stereocenters. The molecule has 1 aromatic carbocycles. The van der Waals surface area contributed by atoms with Crippen molar-refractivity contribution in [3.05, 3.63) is 36.5 Å². The van der Waals surface area contributed by atoms with Crippen molar-refractivity contribution in [2.45, 2.75) is 36.7 Å². The highest BCUT2D eigenvalue weighted by Gasteiger charge is 2.36. The van der Waals surface area contributed by atoms with Gasteiger partial charge in [-0.25, -0.2) is 13.1 Å². The second-order valence-electron chi connectivity index (χ2n) is 6.23. The Bertz CT molecular complexity index is 873. The van der Waals surface area contributed by atoms with Crippen LogP contribution in [0.2, 0.25) is 0 Å². The standard InChI is InChI=1S/C17H21N3O4S/c1-2-20(11-16(21)22)14-9-13(10-14)19-25(23,24)15-7-3-5-12-6-4-8-18-17(12)15/h3-8,13-14,19H,2,9-11H2,1H3,(H,21,22). The second-order valence-corrected chi connectivity index (χ2v) is 7.91. The molecule has 0 unspecified atom stereocenters. The first-order chi connectivity index (χ1) is 11.9. The fraction of sp³-hybridized carbons (Fsp3) is 0.412. The Morgan fingerprint density at radius 2 is 2.04 bits per heavy atom. The second kappa shape index (κ2) is 7.07. The molecular weight excluding hydrogens is 342 g/mol. The van der Waals surface area contributed by atoms with Crippen molar-refractivity contribution in [1.82, 2.24) is 14.6 Å². The quantitative estimate of drug-likeness (QED) is 0.772. The topological polar surface area (TPSA) is 99.6 Å². The Balaban J connectivity index is 1.70. The van der Waals surface area contributed by atoms with Gasteiger partial charge < -0.3 is 5.11 Å². The molecule has 134 valence electrons. The van der Waals surface area contributed by atoms with Gasteiger partial charge in [0.15, 0.2) is 0 Å². The van der Waals surface area contributed by atoms with E-state index in [1.165, 1.54) is 0 Å². The van der Waals surface area contributed by atoms with E-state index >= 15 is 0 Å². The van der Waals surface area contributed by atoms with Crippen molar-refractivity contribution >= 4 is 26.9 Å². The van der Waals surface area contributed by atoms with Crippen LogP contribution in [0.5, 0.6) is 0 Å². The minimum atomic E-state index is -3.67. The molecular formula is C17H21N3O4S. The highest BCUT2D eigenvalue weighted by molar-refractivity contribution is 7.89. The number of pyridine rings is 1. The summed E-state index contributed by atoms with van der Waals surface area (Å²) in [5.74, 6) is -0.868. The maximum Gasteiger partial charge on any atom is 0.317 e. The largest absolute Gasteiger partial charge is 0.480 e. The van der Waals surface area contributed by atoms with Crippen LogP contribution in [-0.2, 0) is 14.8 Å². The third-order valence-electron chi connectivity index (χ3n) is 4.58. The zero-order chi connectivity index (χ0) is 18.0. The summed E-state index contributed by atoms with van der Waals surface area (Å²) in [6.07, 6.45) is 2.79. The van der Waals surface area contributed by atoms with Crippen LogP contribution in [0.4, 0.5) is 0 Å². The molecule has 0 spiro atoms. The zero-order valence-corrected chi connectivity index (χ0v) is 14.7. The van der Waals surface area contributed by atoms with E-state index < -0.39 is 16.0 Å². The van der Waals surface area contributed by atoms with Crippen LogP contribution in [0.25, 0.3) is 10.9 Å². The van der Waals surface area contributed by atoms with Gasteiger partial charge in [0.2, 0.25) is 10.0 Å². The molecule has 0 amide bonds. The maximum atomic E-state index is 12.7. The van der Waals surface area contributed by atoms with Gasteiger partial charge in [-0.3, -0.25) is 14.7 Å². The average molecular weight is 363 g/mol. The van der Waals surface area contributed by atoms with Crippen LogP contribution in [0, 0.1) is 0 Å².